The van der Waals surface area contributed by atoms with Crippen molar-refractivity contribution in [3.63, 3.8) is 0 Å². The van der Waals surface area contributed by atoms with Gasteiger partial charge in [0.25, 0.3) is 11.2 Å². The molecular formula is C21H18N3O2+. The van der Waals surface area contributed by atoms with Gasteiger partial charge in [0, 0.05) is 12.0 Å². The maximum absolute atomic E-state index is 12.5. The van der Waals surface area contributed by atoms with E-state index in [9.17, 15) is 9.59 Å². The van der Waals surface area contributed by atoms with Crippen molar-refractivity contribution < 1.29 is 4.98 Å². The van der Waals surface area contributed by atoms with Crippen molar-refractivity contribution in [2.45, 2.75) is 13.0 Å². The fourth-order valence-corrected chi connectivity index (χ4v) is 3.22. The molecule has 0 saturated heterocycles. The molecule has 0 amide bonds. The van der Waals surface area contributed by atoms with Crippen molar-refractivity contribution in [2.75, 3.05) is 0 Å². The van der Waals surface area contributed by atoms with Gasteiger partial charge in [0.2, 0.25) is 0 Å². The van der Waals surface area contributed by atoms with E-state index in [1.807, 2.05) is 66.7 Å². The Morgan fingerprint density at radius 1 is 0.885 bits per heavy atom. The predicted molar refractivity (Wildman–Crippen MR) is 101 cm³/mol. The third-order valence-corrected chi connectivity index (χ3v) is 4.49. The van der Waals surface area contributed by atoms with Crippen LogP contribution in [0.15, 0.2) is 82.5 Å². The molecule has 2 heterocycles. The molecule has 0 spiro atoms. The van der Waals surface area contributed by atoms with Crippen molar-refractivity contribution in [1.82, 2.24) is 9.55 Å². The minimum absolute atomic E-state index is 0.378. The average Bonchev–Trinajstić information content (AvgIpc) is 2.69. The number of hydrogen-bond acceptors (Lipinski definition) is 2. The Balaban J connectivity index is 1.86. The Morgan fingerprint density at radius 2 is 1.58 bits per heavy atom. The second-order valence-corrected chi connectivity index (χ2v) is 6.13. The fraction of sp³-hybridized carbons (Fsp3) is 0.0952. The standard InChI is InChI=1S/C21H17N3O2/c25-20-18-17(16-9-5-2-6-10-16)11-13-22-19(18)24(21(26)23-20)14-12-15-7-3-1-4-8-15/h1-11,13H,12,14H2,(H,23,25,26)/p+1. The number of pyridine rings is 1. The second-order valence-electron chi connectivity index (χ2n) is 6.13. The molecule has 4 aromatic rings. The number of aromatic amines is 2. The van der Waals surface area contributed by atoms with Crippen LogP contribution in [-0.2, 0) is 13.0 Å². The van der Waals surface area contributed by atoms with Crippen molar-refractivity contribution in [1.29, 1.82) is 0 Å². The molecule has 128 valence electrons. The Bertz CT molecular complexity index is 1160. The van der Waals surface area contributed by atoms with E-state index in [0.717, 1.165) is 16.7 Å². The van der Waals surface area contributed by atoms with Gasteiger partial charge in [-0.1, -0.05) is 60.7 Å². The topological polar surface area (TPSA) is 69.0 Å². The lowest BCUT2D eigenvalue weighted by atomic mass is 10.0. The molecule has 2 aromatic heterocycles. The molecule has 2 aromatic carbocycles. The van der Waals surface area contributed by atoms with Gasteiger partial charge in [-0.3, -0.25) is 9.78 Å². The molecule has 0 bridgehead atoms. The fourth-order valence-electron chi connectivity index (χ4n) is 3.22. The minimum Gasteiger partial charge on any atom is -0.268 e. The zero-order valence-electron chi connectivity index (χ0n) is 14.1. The Morgan fingerprint density at radius 3 is 2.31 bits per heavy atom. The number of fused-ring (bicyclic) bond motifs is 1. The smallest absolute Gasteiger partial charge is 0.268 e. The Labute approximate surface area is 149 Å². The summed E-state index contributed by atoms with van der Waals surface area (Å²) in [4.78, 5) is 30.5. The lowest BCUT2D eigenvalue weighted by Gasteiger charge is -2.06. The maximum atomic E-state index is 12.5. The van der Waals surface area contributed by atoms with E-state index >= 15 is 0 Å². The first-order chi connectivity index (χ1) is 12.7. The summed E-state index contributed by atoms with van der Waals surface area (Å²) >= 11 is 0. The molecule has 5 heteroatoms. The van der Waals surface area contributed by atoms with Gasteiger partial charge in [-0.25, -0.2) is 9.78 Å². The summed E-state index contributed by atoms with van der Waals surface area (Å²) in [5, 5.41) is 0.492. The molecule has 0 fully saturated rings. The molecule has 0 aliphatic carbocycles. The zero-order chi connectivity index (χ0) is 17.9. The van der Waals surface area contributed by atoms with Gasteiger partial charge in [0.15, 0.2) is 0 Å². The van der Waals surface area contributed by atoms with Crippen LogP contribution < -0.4 is 16.2 Å². The number of rotatable bonds is 4. The number of aromatic nitrogens is 3. The van der Waals surface area contributed by atoms with Crippen molar-refractivity contribution >= 4 is 11.0 Å². The number of nitrogens with zero attached hydrogens (tertiary/aromatic N) is 1. The molecular weight excluding hydrogens is 326 g/mol. The van der Waals surface area contributed by atoms with Crippen LogP contribution in [0.2, 0.25) is 0 Å². The summed E-state index contributed by atoms with van der Waals surface area (Å²) in [6.45, 7) is 0.477. The maximum Gasteiger partial charge on any atom is 0.415 e. The highest BCUT2D eigenvalue weighted by Gasteiger charge is 2.19. The first kappa shape index (κ1) is 16.0. The summed E-state index contributed by atoms with van der Waals surface area (Å²) < 4.78 is 1.59. The molecule has 0 aliphatic rings. The van der Waals surface area contributed by atoms with E-state index in [1.165, 1.54) is 0 Å². The van der Waals surface area contributed by atoms with Crippen LogP contribution in [0.1, 0.15) is 5.56 Å². The first-order valence-corrected chi connectivity index (χ1v) is 8.51. The Hall–Kier alpha value is -3.47. The number of benzene rings is 2. The van der Waals surface area contributed by atoms with Crippen molar-refractivity contribution in [3.8, 4) is 11.1 Å². The van der Waals surface area contributed by atoms with Gasteiger partial charge >= 0.3 is 5.69 Å². The first-order valence-electron chi connectivity index (χ1n) is 8.51. The summed E-state index contributed by atoms with van der Waals surface area (Å²) in [5.74, 6) is 0. The van der Waals surface area contributed by atoms with Crippen LogP contribution in [0, 0.1) is 0 Å². The van der Waals surface area contributed by atoms with E-state index in [-0.39, 0.29) is 5.56 Å². The van der Waals surface area contributed by atoms with Gasteiger partial charge in [-0.15, -0.1) is 0 Å². The highest BCUT2D eigenvalue weighted by Crippen LogP contribution is 2.22. The Kier molecular flexibility index (Phi) is 4.19. The summed E-state index contributed by atoms with van der Waals surface area (Å²) in [6.07, 6.45) is 2.47. The molecule has 4 rings (SSSR count). The lowest BCUT2D eigenvalue weighted by molar-refractivity contribution is -0.349. The largest absolute Gasteiger partial charge is 0.415 e. The normalized spacial score (nSPS) is 10.9. The molecule has 0 unspecified atom stereocenters. The molecule has 5 nitrogen and oxygen atoms in total. The number of nitrogens with one attached hydrogen (secondary N) is 2. The minimum atomic E-state index is -0.403. The van der Waals surface area contributed by atoms with E-state index < -0.39 is 5.69 Å². The van der Waals surface area contributed by atoms with E-state index in [1.54, 1.807) is 10.8 Å². The summed E-state index contributed by atoms with van der Waals surface area (Å²) in [6, 6.07) is 21.5. The monoisotopic (exact) mass is 344 g/mol. The quantitative estimate of drug-likeness (QED) is 0.618. The van der Waals surface area contributed by atoms with Crippen molar-refractivity contribution in [2.24, 2.45) is 0 Å². The van der Waals surface area contributed by atoms with E-state index in [0.29, 0.717) is 24.0 Å². The van der Waals surface area contributed by atoms with Crippen molar-refractivity contribution in [3.05, 3.63) is 99.3 Å². The second kappa shape index (κ2) is 6.80. The zero-order valence-corrected chi connectivity index (χ0v) is 14.1. The highest BCUT2D eigenvalue weighted by molar-refractivity contribution is 5.90. The molecule has 0 aliphatic heterocycles. The lowest BCUT2D eigenvalue weighted by Crippen LogP contribution is -2.34. The van der Waals surface area contributed by atoms with Crippen LogP contribution in [-0.4, -0.2) is 9.55 Å². The van der Waals surface area contributed by atoms with Crippen LogP contribution in [0.4, 0.5) is 0 Å². The number of H-pyrrole nitrogens is 2. The SMILES string of the molecule is O=c1[nH]c(=O)n(CCc2ccccc2)c2[nH+]ccc(-c3ccccc3)c12. The summed E-state index contributed by atoms with van der Waals surface area (Å²) in [7, 11) is 0. The third-order valence-electron chi connectivity index (χ3n) is 4.49. The average molecular weight is 344 g/mol. The van der Waals surface area contributed by atoms with Gasteiger partial charge < -0.3 is 0 Å². The third kappa shape index (κ3) is 2.95. The van der Waals surface area contributed by atoms with Gasteiger partial charge in [0.05, 0.1) is 12.7 Å². The van der Waals surface area contributed by atoms with E-state index in [2.05, 4.69) is 9.97 Å². The highest BCUT2D eigenvalue weighted by atomic mass is 16.2. The van der Waals surface area contributed by atoms with Gasteiger partial charge in [0.1, 0.15) is 5.39 Å². The molecule has 0 radical (unpaired) electrons. The molecule has 0 saturated carbocycles. The molecule has 2 N–H and O–H groups in total. The van der Waals surface area contributed by atoms with Crippen LogP contribution in [0.25, 0.3) is 22.2 Å². The van der Waals surface area contributed by atoms with Crippen LogP contribution >= 0.6 is 0 Å². The molecule has 0 atom stereocenters. The van der Waals surface area contributed by atoms with E-state index in [4.69, 9.17) is 0 Å². The number of aryl methyl sites for hydroxylation is 2. The van der Waals surface area contributed by atoms with Gasteiger partial charge in [-0.2, -0.15) is 4.57 Å². The van der Waals surface area contributed by atoms with Gasteiger partial charge in [-0.05, 0) is 17.2 Å². The predicted octanol–water partition coefficient (Wildman–Crippen LogP) is 2.41. The molecule has 26 heavy (non-hydrogen) atoms. The van der Waals surface area contributed by atoms with Crippen LogP contribution in [0.5, 0.6) is 0 Å². The summed E-state index contributed by atoms with van der Waals surface area (Å²) in [5.41, 5.74) is 2.63. The van der Waals surface area contributed by atoms with Crippen LogP contribution in [0.3, 0.4) is 0 Å². The number of hydrogen-bond donors (Lipinski definition) is 1.